The first-order chi connectivity index (χ1) is 10.1. The van der Waals surface area contributed by atoms with Crippen molar-refractivity contribution in [3.63, 3.8) is 0 Å². The number of rotatable bonds is 6. The molecule has 0 amide bonds. The third-order valence-corrected chi connectivity index (χ3v) is 4.51. The van der Waals surface area contributed by atoms with Crippen molar-refractivity contribution in [2.75, 3.05) is 6.61 Å². The van der Waals surface area contributed by atoms with Gasteiger partial charge < -0.3 is 10.1 Å². The Labute approximate surface area is 127 Å². The third kappa shape index (κ3) is 4.06. The van der Waals surface area contributed by atoms with E-state index in [1.807, 2.05) is 14.0 Å². The van der Waals surface area contributed by atoms with Crippen LogP contribution in [-0.2, 0) is 18.3 Å². The quantitative estimate of drug-likeness (QED) is 0.819. The van der Waals surface area contributed by atoms with E-state index in [4.69, 9.17) is 4.74 Å². The molecule has 1 atom stereocenters. The zero-order valence-corrected chi connectivity index (χ0v) is 13.4. The number of ether oxygens (including phenoxy) is 1. The highest BCUT2D eigenvalue weighted by Crippen LogP contribution is 2.26. The van der Waals surface area contributed by atoms with E-state index < -0.39 is 0 Å². The predicted molar refractivity (Wildman–Crippen MR) is 82.0 cm³/mol. The van der Waals surface area contributed by atoms with Gasteiger partial charge in [0.2, 0.25) is 0 Å². The second kappa shape index (κ2) is 7.59. The Bertz CT molecular complexity index is 464. The largest absolute Gasteiger partial charge is 0.462 e. The lowest BCUT2D eigenvalue weighted by Crippen LogP contribution is -2.35. The molecule has 0 spiro atoms. The van der Waals surface area contributed by atoms with Gasteiger partial charge in [0.15, 0.2) is 0 Å². The van der Waals surface area contributed by atoms with Gasteiger partial charge in [-0.05, 0) is 32.6 Å². The van der Waals surface area contributed by atoms with E-state index in [2.05, 4.69) is 17.3 Å². The summed E-state index contributed by atoms with van der Waals surface area (Å²) in [4.78, 5) is 11.9. The van der Waals surface area contributed by atoms with E-state index in [0.717, 1.165) is 11.6 Å². The van der Waals surface area contributed by atoms with Gasteiger partial charge in [0.25, 0.3) is 0 Å². The van der Waals surface area contributed by atoms with Gasteiger partial charge >= 0.3 is 5.97 Å². The van der Waals surface area contributed by atoms with Crippen molar-refractivity contribution in [1.82, 2.24) is 15.1 Å². The minimum absolute atomic E-state index is 0.285. The summed E-state index contributed by atoms with van der Waals surface area (Å²) in [6, 6.07) is 0.468. The van der Waals surface area contributed by atoms with Gasteiger partial charge in [-0.3, -0.25) is 4.68 Å². The number of hydrogen-bond donors (Lipinski definition) is 1. The summed E-state index contributed by atoms with van der Waals surface area (Å²) in [7, 11) is 1.87. The Morgan fingerprint density at radius 1 is 1.48 bits per heavy atom. The molecule has 5 nitrogen and oxygen atoms in total. The summed E-state index contributed by atoms with van der Waals surface area (Å²) in [6.45, 7) is 5.11. The van der Waals surface area contributed by atoms with E-state index in [-0.39, 0.29) is 5.97 Å². The fourth-order valence-corrected chi connectivity index (χ4v) is 3.11. The van der Waals surface area contributed by atoms with Crippen LogP contribution in [0.4, 0.5) is 0 Å². The molecule has 1 aromatic heterocycles. The standard InChI is InChI=1S/C16H27N3O2/c1-4-21-16(20)14-10-18-19(3)15(14)11-17-12(2)13-8-6-5-7-9-13/h10,12-13,17H,4-9,11H2,1-3H3. The van der Waals surface area contributed by atoms with Crippen LogP contribution >= 0.6 is 0 Å². The second-order valence-corrected chi connectivity index (χ2v) is 5.92. The lowest BCUT2D eigenvalue weighted by Gasteiger charge is -2.28. The molecule has 1 aromatic rings. The lowest BCUT2D eigenvalue weighted by molar-refractivity contribution is 0.0524. The van der Waals surface area contributed by atoms with Crippen LogP contribution in [0.15, 0.2) is 6.20 Å². The van der Waals surface area contributed by atoms with Crippen LogP contribution in [0.2, 0.25) is 0 Å². The van der Waals surface area contributed by atoms with Crippen LogP contribution < -0.4 is 5.32 Å². The molecule has 1 fully saturated rings. The maximum absolute atomic E-state index is 11.9. The van der Waals surface area contributed by atoms with Gasteiger partial charge in [-0.25, -0.2) is 4.79 Å². The Morgan fingerprint density at radius 2 is 2.19 bits per heavy atom. The van der Waals surface area contributed by atoms with Crippen LogP contribution in [0.25, 0.3) is 0 Å². The van der Waals surface area contributed by atoms with Gasteiger partial charge in [-0.1, -0.05) is 19.3 Å². The molecule has 1 unspecified atom stereocenters. The number of nitrogens with one attached hydrogen (secondary N) is 1. The zero-order valence-electron chi connectivity index (χ0n) is 13.4. The molecule has 1 heterocycles. The molecule has 1 aliphatic carbocycles. The van der Waals surface area contributed by atoms with E-state index in [1.54, 1.807) is 10.9 Å². The summed E-state index contributed by atoms with van der Waals surface area (Å²) < 4.78 is 6.84. The Balaban J connectivity index is 1.95. The Kier molecular flexibility index (Phi) is 5.79. The van der Waals surface area contributed by atoms with Crippen molar-refractivity contribution in [2.24, 2.45) is 13.0 Å². The topological polar surface area (TPSA) is 56.1 Å². The molecule has 21 heavy (non-hydrogen) atoms. The average molecular weight is 293 g/mol. The first kappa shape index (κ1) is 16.0. The molecule has 0 bridgehead atoms. The normalized spacial score (nSPS) is 17.7. The van der Waals surface area contributed by atoms with Crippen molar-refractivity contribution in [3.05, 3.63) is 17.5 Å². The number of hydrogen-bond acceptors (Lipinski definition) is 4. The van der Waals surface area contributed by atoms with Gasteiger partial charge in [0.1, 0.15) is 5.56 Å². The smallest absolute Gasteiger partial charge is 0.341 e. The van der Waals surface area contributed by atoms with E-state index in [9.17, 15) is 4.79 Å². The summed E-state index contributed by atoms with van der Waals surface area (Å²) in [6.07, 6.45) is 8.28. The summed E-state index contributed by atoms with van der Waals surface area (Å²) in [5.41, 5.74) is 1.47. The zero-order chi connectivity index (χ0) is 15.2. The van der Waals surface area contributed by atoms with E-state index >= 15 is 0 Å². The first-order valence-electron chi connectivity index (χ1n) is 8.04. The minimum Gasteiger partial charge on any atom is -0.462 e. The summed E-state index contributed by atoms with van der Waals surface area (Å²) >= 11 is 0. The fraction of sp³-hybridized carbons (Fsp3) is 0.750. The number of esters is 1. The minimum atomic E-state index is -0.285. The molecule has 0 aliphatic heterocycles. The molecule has 1 N–H and O–H groups in total. The molecule has 118 valence electrons. The van der Waals surface area contributed by atoms with Gasteiger partial charge in [0.05, 0.1) is 18.5 Å². The monoisotopic (exact) mass is 293 g/mol. The molecule has 0 saturated heterocycles. The van der Waals surface area contributed by atoms with Gasteiger partial charge in [0, 0.05) is 19.6 Å². The molecule has 0 aromatic carbocycles. The van der Waals surface area contributed by atoms with Crippen LogP contribution in [0, 0.1) is 5.92 Å². The van der Waals surface area contributed by atoms with Crippen molar-refractivity contribution in [1.29, 1.82) is 0 Å². The first-order valence-corrected chi connectivity index (χ1v) is 8.04. The number of carbonyl (C=O) groups excluding carboxylic acids is 1. The highest BCUT2D eigenvalue weighted by Gasteiger charge is 2.22. The maximum Gasteiger partial charge on any atom is 0.341 e. The van der Waals surface area contributed by atoms with Crippen molar-refractivity contribution in [3.8, 4) is 0 Å². The SMILES string of the molecule is CCOC(=O)c1cnn(C)c1CNC(C)C1CCCCC1. The third-order valence-electron chi connectivity index (χ3n) is 4.51. The van der Waals surface area contributed by atoms with E-state index in [0.29, 0.717) is 24.8 Å². The van der Waals surface area contributed by atoms with Crippen molar-refractivity contribution in [2.45, 2.75) is 58.5 Å². The predicted octanol–water partition coefficient (Wildman–Crippen LogP) is 2.66. The van der Waals surface area contributed by atoms with Crippen molar-refractivity contribution < 1.29 is 9.53 Å². The van der Waals surface area contributed by atoms with Crippen LogP contribution in [0.5, 0.6) is 0 Å². The average Bonchev–Trinajstić information content (AvgIpc) is 2.87. The molecule has 5 heteroatoms. The van der Waals surface area contributed by atoms with Gasteiger partial charge in [-0.2, -0.15) is 5.10 Å². The second-order valence-electron chi connectivity index (χ2n) is 5.92. The lowest BCUT2D eigenvalue weighted by atomic mass is 9.84. The number of carbonyl (C=O) groups is 1. The Morgan fingerprint density at radius 3 is 2.86 bits per heavy atom. The molecule has 1 aliphatic rings. The highest BCUT2D eigenvalue weighted by molar-refractivity contribution is 5.90. The maximum atomic E-state index is 11.9. The number of aromatic nitrogens is 2. The van der Waals surface area contributed by atoms with Crippen LogP contribution in [0.3, 0.4) is 0 Å². The highest BCUT2D eigenvalue weighted by atomic mass is 16.5. The summed E-state index contributed by atoms with van der Waals surface area (Å²) in [5.74, 6) is 0.464. The fourth-order valence-electron chi connectivity index (χ4n) is 3.11. The number of aryl methyl sites for hydroxylation is 1. The molecule has 0 radical (unpaired) electrons. The van der Waals surface area contributed by atoms with E-state index in [1.165, 1.54) is 32.1 Å². The molecular formula is C16H27N3O2. The molecule has 2 rings (SSSR count). The van der Waals surface area contributed by atoms with Crippen LogP contribution in [0.1, 0.15) is 62.0 Å². The van der Waals surface area contributed by atoms with Gasteiger partial charge in [-0.15, -0.1) is 0 Å². The summed E-state index contributed by atoms with van der Waals surface area (Å²) in [5, 5.41) is 7.75. The van der Waals surface area contributed by atoms with Crippen LogP contribution in [-0.4, -0.2) is 28.4 Å². The number of nitrogens with zero attached hydrogens (tertiary/aromatic N) is 2. The Hall–Kier alpha value is -1.36. The van der Waals surface area contributed by atoms with Crippen molar-refractivity contribution >= 4 is 5.97 Å². The molecule has 1 saturated carbocycles. The molecular weight excluding hydrogens is 266 g/mol.